The fraction of sp³-hybridized carbons (Fsp3) is 0. The minimum atomic E-state index is -2.17. The van der Waals surface area contributed by atoms with Crippen molar-refractivity contribution in [1.29, 1.82) is 0 Å². The second-order valence-corrected chi connectivity index (χ2v) is 2.08. The highest BCUT2D eigenvalue weighted by atomic mass is 16.5. The van der Waals surface area contributed by atoms with Crippen LogP contribution < -0.4 is 0 Å². The van der Waals surface area contributed by atoms with Crippen molar-refractivity contribution >= 4 is 43.9 Å². The first-order valence-corrected chi connectivity index (χ1v) is 4.65. The fourth-order valence-corrected chi connectivity index (χ4v) is 0. The molecule has 0 bridgehead atoms. The Kier molecular flexibility index (Phi) is 55.3. The van der Waals surface area contributed by atoms with Crippen LogP contribution in [0, 0.1) is 0 Å². The molecule has 18 nitrogen and oxygen atoms in total. The van der Waals surface area contributed by atoms with Gasteiger partial charge in [0.15, 0.2) is 0 Å². The van der Waals surface area contributed by atoms with Gasteiger partial charge in [0.2, 0.25) is 0 Å². The van der Waals surface area contributed by atoms with E-state index in [1.165, 1.54) is 0 Å². The molecule has 18 N–H and O–H groups in total. The van der Waals surface area contributed by atoms with Crippen molar-refractivity contribution in [2.75, 3.05) is 0 Å². The third-order valence-corrected chi connectivity index (χ3v) is 0. The maximum absolute atomic E-state index is 7.17. The molecule has 0 aromatic heterocycles. The van der Waals surface area contributed by atoms with Gasteiger partial charge in [0.1, 0.15) is 0 Å². The highest BCUT2D eigenvalue weighted by molar-refractivity contribution is 6.31. The van der Waals surface area contributed by atoms with Crippen molar-refractivity contribution in [2.45, 2.75) is 0 Å². The minimum absolute atomic E-state index is 2.17. The van der Waals surface area contributed by atoms with E-state index in [1.807, 2.05) is 0 Å². The Morgan fingerprint density at radius 2 is 0.167 bits per heavy atom. The molecule has 0 unspecified atom stereocenters. The summed E-state index contributed by atoms with van der Waals surface area (Å²) < 4.78 is 0. The molecule has 0 atom stereocenters. The summed E-state index contributed by atoms with van der Waals surface area (Å²) in [4.78, 5) is 0. The van der Waals surface area contributed by atoms with Gasteiger partial charge in [-0.15, -0.1) is 0 Å². The second-order valence-electron chi connectivity index (χ2n) is 2.08. The van der Waals surface area contributed by atoms with E-state index in [0.717, 1.165) is 0 Å². The van der Waals surface area contributed by atoms with E-state index in [1.54, 1.807) is 0 Å². The largest absolute Gasteiger partial charge is 0.631 e. The normalized spacial score (nSPS) is 6.75. The molecule has 0 saturated carbocycles. The van der Waals surface area contributed by atoms with Crippen LogP contribution >= 0.6 is 0 Å². The van der Waals surface area contributed by atoms with Gasteiger partial charge in [0.05, 0.1) is 0 Å². The lowest BCUT2D eigenvalue weighted by Crippen LogP contribution is -2.07. The smallest absolute Gasteiger partial charge is 0.402 e. The van der Waals surface area contributed by atoms with Gasteiger partial charge < -0.3 is 90.4 Å². The van der Waals surface area contributed by atoms with Gasteiger partial charge in [0.25, 0.3) is 0 Å². The second kappa shape index (κ2) is 34.1. The average molecular weight is 371 g/mol. The quantitative estimate of drug-likeness (QED) is 0.175. The lowest BCUT2D eigenvalue weighted by atomic mass is 10.3. The lowest BCUT2D eigenvalue weighted by molar-refractivity contribution is 0.276. The Hall–Kier alpha value is -0.330. The molecule has 24 heavy (non-hydrogen) atoms. The van der Waals surface area contributed by atoms with Crippen molar-refractivity contribution in [3.63, 3.8) is 0 Å². The molecule has 0 amide bonds. The van der Waals surface area contributed by atoms with Crippen LogP contribution in [-0.2, 0) is 0 Å². The van der Waals surface area contributed by atoms with E-state index in [4.69, 9.17) is 90.4 Å². The highest BCUT2D eigenvalue weighted by Crippen LogP contribution is 1.42. The van der Waals surface area contributed by atoms with E-state index in [-0.39, 0.29) is 0 Å². The average Bonchev–Trinajstić information content (AvgIpc) is 2.08. The van der Waals surface area contributed by atoms with Crippen molar-refractivity contribution in [3.05, 3.63) is 0 Å². The molecule has 0 radical (unpaired) electrons. The van der Waals surface area contributed by atoms with Crippen LogP contribution in [0.5, 0.6) is 0 Å². The summed E-state index contributed by atoms with van der Waals surface area (Å²) in [5.74, 6) is 0. The summed E-state index contributed by atoms with van der Waals surface area (Å²) in [5, 5.41) is 129. The van der Waals surface area contributed by atoms with Gasteiger partial charge in [-0.3, -0.25) is 0 Å². The van der Waals surface area contributed by atoms with Crippen molar-refractivity contribution in [1.82, 2.24) is 0 Å². The topological polar surface area (TPSA) is 364 Å². The molecule has 0 fully saturated rings. The molecule has 0 aliphatic heterocycles. The van der Waals surface area contributed by atoms with Crippen LogP contribution in [-0.4, -0.2) is 134 Å². The summed E-state index contributed by atoms with van der Waals surface area (Å²) >= 11 is 0. The zero-order chi connectivity index (χ0) is 21.5. The maximum Gasteiger partial charge on any atom is 0.631 e. The third kappa shape index (κ3) is 84800. The molecule has 0 rings (SSSR count). The fourth-order valence-electron chi connectivity index (χ4n) is 0. The molecule has 0 aromatic rings. The van der Waals surface area contributed by atoms with E-state index in [2.05, 4.69) is 0 Å². The van der Waals surface area contributed by atoms with Gasteiger partial charge in [-0.05, 0) is 0 Å². The molecule has 0 spiro atoms. The number of hydrogen-bond acceptors (Lipinski definition) is 18. The molecule has 144 valence electrons. The zero-order valence-electron chi connectivity index (χ0n) is 11.5. The van der Waals surface area contributed by atoms with E-state index < -0.39 is 43.9 Å². The molecule has 0 aliphatic carbocycles. The van der Waals surface area contributed by atoms with Crippen molar-refractivity contribution in [2.24, 2.45) is 0 Å². The predicted octanol–water partition coefficient (Wildman–Crippen LogP) is -12.3. The van der Waals surface area contributed by atoms with Crippen LogP contribution in [0.4, 0.5) is 0 Å². The summed E-state index contributed by atoms with van der Waals surface area (Å²) in [7, 11) is -13.0. The molecule has 0 aromatic carbocycles. The van der Waals surface area contributed by atoms with Crippen LogP contribution in [0.15, 0.2) is 0 Å². The van der Waals surface area contributed by atoms with Crippen LogP contribution in [0.25, 0.3) is 0 Å². The molecule has 24 heteroatoms. The van der Waals surface area contributed by atoms with Crippen LogP contribution in [0.2, 0.25) is 0 Å². The Balaban J connectivity index is -0.0000000405. The van der Waals surface area contributed by atoms with E-state index >= 15 is 0 Å². The standard InChI is InChI=1S/6BH3O3/c6*2-1(3)4/h6*2-4H. The first-order valence-electron chi connectivity index (χ1n) is 4.65. The van der Waals surface area contributed by atoms with E-state index in [0.29, 0.717) is 0 Å². The third-order valence-electron chi connectivity index (χ3n) is 0. The van der Waals surface area contributed by atoms with Gasteiger partial charge in [-0.2, -0.15) is 0 Å². The zero-order valence-corrected chi connectivity index (χ0v) is 11.5. The number of rotatable bonds is 0. The Morgan fingerprint density at radius 1 is 0.167 bits per heavy atom. The molecule has 0 aliphatic rings. The van der Waals surface area contributed by atoms with Gasteiger partial charge in [-0.1, -0.05) is 0 Å². The van der Waals surface area contributed by atoms with Gasteiger partial charge in [-0.25, -0.2) is 0 Å². The SMILES string of the molecule is OB(O)O.OB(O)O.OB(O)O.OB(O)O.OB(O)O.OB(O)O. The van der Waals surface area contributed by atoms with E-state index in [9.17, 15) is 0 Å². The molecule has 0 heterocycles. The Morgan fingerprint density at radius 3 is 0.167 bits per heavy atom. The lowest BCUT2D eigenvalue weighted by Gasteiger charge is -1.69. The Bertz CT molecular complexity index is 94.5. The summed E-state index contributed by atoms with van der Waals surface area (Å²) in [5.41, 5.74) is 0. The maximum atomic E-state index is 7.17. The predicted molar refractivity (Wildman–Crippen MR) is 74.5 cm³/mol. The van der Waals surface area contributed by atoms with Gasteiger partial charge in [0, 0.05) is 0 Å². The minimum Gasteiger partial charge on any atom is -0.402 e. The highest BCUT2D eigenvalue weighted by Gasteiger charge is 1.94. The first-order chi connectivity index (χ1) is 10.4. The summed E-state index contributed by atoms with van der Waals surface area (Å²) in [6.07, 6.45) is 0. The molecular weight excluding hydrogens is 353 g/mol. The summed E-state index contributed by atoms with van der Waals surface area (Å²) in [6.45, 7) is 0. The summed E-state index contributed by atoms with van der Waals surface area (Å²) in [6, 6.07) is 0. The molecular formula is H18B6O18. The first kappa shape index (κ1) is 39.0. The Labute approximate surface area is 135 Å². The van der Waals surface area contributed by atoms with Crippen molar-refractivity contribution in [3.8, 4) is 0 Å². The van der Waals surface area contributed by atoms with Gasteiger partial charge >= 0.3 is 43.9 Å². The van der Waals surface area contributed by atoms with Crippen LogP contribution in [0.1, 0.15) is 0 Å². The monoisotopic (exact) mass is 372 g/mol. The number of hydrogen-bond donors (Lipinski definition) is 18. The van der Waals surface area contributed by atoms with Crippen LogP contribution in [0.3, 0.4) is 0 Å². The van der Waals surface area contributed by atoms with Crippen molar-refractivity contribution < 1.29 is 90.4 Å². The molecule has 0 saturated heterocycles.